The Labute approximate surface area is 89.8 Å². The van der Waals surface area contributed by atoms with Crippen molar-refractivity contribution in [2.45, 2.75) is 6.18 Å². The molecule has 0 aliphatic carbocycles. The van der Waals surface area contributed by atoms with Crippen LogP contribution in [-0.4, -0.2) is 49.1 Å². The second-order valence-electron chi connectivity index (χ2n) is 3.58. The average molecular weight is 239 g/mol. The molecule has 0 aromatic rings. The fraction of sp³-hybridized carbons (Fsp3) is 0.750. The summed E-state index contributed by atoms with van der Waals surface area (Å²) >= 11 is 0. The van der Waals surface area contributed by atoms with Crippen molar-refractivity contribution in [2.75, 3.05) is 26.2 Å². The van der Waals surface area contributed by atoms with Crippen molar-refractivity contribution < 1.29 is 22.8 Å². The monoisotopic (exact) mass is 239 g/mol. The van der Waals surface area contributed by atoms with E-state index < -0.39 is 12.1 Å². The minimum Gasteiger partial charge on any atom is -0.355 e. The number of nitrogens with one attached hydrogen (secondary N) is 1. The van der Waals surface area contributed by atoms with Crippen LogP contribution in [0.4, 0.5) is 13.2 Å². The minimum absolute atomic E-state index is 0.0171. The normalized spacial score (nSPS) is 16.9. The second-order valence-corrected chi connectivity index (χ2v) is 3.58. The van der Waals surface area contributed by atoms with Gasteiger partial charge >= 0.3 is 12.1 Å². The summed E-state index contributed by atoms with van der Waals surface area (Å²) in [6.45, 7) is 0.127. The van der Waals surface area contributed by atoms with Crippen LogP contribution in [0.3, 0.4) is 0 Å². The lowest BCUT2D eigenvalue weighted by Gasteiger charge is -2.39. The number of nitrogens with zero attached hydrogens (tertiary/aromatic N) is 1. The van der Waals surface area contributed by atoms with Crippen LogP contribution in [0.1, 0.15) is 0 Å². The van der Waals surface area contributed by atoms with Crippen LogP contribution >= 0.6 is 0 Å². The van der Waals surface area contributed by atoms with E-state index in [-0.39, 0.29) is 38.0 Å². The van der Waals surface area contributed by atoms with Gasteiger partial charge in [0.05, 0.1) is 6.54 Å². The molecule has 5 nitrogen and oxygen atoms in total. The summed E-state index contributed by atoms with van der Waals surface area (Å²) < 4.78 is 35.8. The number of hydrogen-bond acceptors (Lipinski definition) is 3. The smallest absolute Gasteiger partial charge is 0.355 e. The summed E-state index contributed by atoms with van der Waals surface area (Å²) in [7, 11) is 0. The minimum atomic E-state index is -4.81. The van der Waals surface area contributed by atoms with Gasteiger partial charge in [-0.1, -0.05) is 0 Å². The Hall–Kier alpha value is -1.31. The summed E-state index contributed by atoms with van der Waals surface area (Å²) in [6, 6.07) is 0. The van der Waals surface area contributed by atoms with Crippen molar-refractivity contribution in [1.82, 2.24) is 10.2 Å². The molecule has 1 heterocycles. The Morgan fingerprint density at radius 1 is 1.38 bits per heavy atom. The molecule has 1 fully saturated rings. The lowest BCUT2D eigenvalue weighted by atomic mass is 10.00. The molecule has 1 aliphatic heterocycles. The van der Waals surface area contributed by atoms with Crippen LogP contribution in [0.5, 0.6) is 0 Å². The molecule has 0 radical (unpaired) electrons. The average Bonchev–Trinajstić information content (AvgIpc) is 2.13. The third kappa shape index (κ3) is 3.09. The fourth-order valence-corrected chi connectivity index (χ4v) is 1.37. The van der Waals surface area contributed by atoms with Gasteiger partial charge in [0.15, 0.2) is 0 Å². The number of likely N-dealkylation sites (tertiary alicyclic amines) is 1. The first-order valence-electron chi connectivity index (χ1n) is 4.67. The van der Waals surface area contributed by atoms with Crippen molar-refractivity contribution in [1.29, 1.82) is 0 Å². The van der Waals surface area contributed by atoms with E-state index in [1.165, 1.54) is 0 Å². The molecule has 0 saturated carbocycles. The van der Waals surface area contributed by atoms with E-state index in [2.05, 4.69) is 5.32 Å². The molecule has 0 aromatic carbocycles. The maximum Gasteiger partial charge on any atom is 0.471 e. The SMILES string of the molecule is NCC(=O)NCC1CN(C(=O)C(F)(F)F)C1. The van der Waals surface area contributed by atoms with E-state index >= 15 is 0 Å². The first-order valence-corrected chi connectivity index (χ1v) is 4.67. The highest BCUT2D eigenvalue weighted by atomic mass is 19.4. The lowest BCUT2D eigenvalue weighted by molar-refractivity contribution is -0.191. The van der Waals surface area contributed by atoms with Gasteiger partial charge in [0.2, 0.25) is 5.91 Å². The molecular weight excluding hydrogens is 227 g/mol. The van der Waals surface area contributed by atoms with Crippen LogP contribution in [0.2, 0.25) is 0 Å². The van der Waals surface area contributed by atoms with Crippen LogP contribution in [0.25, 0.3) is 0 Å². The van der Waals surface area contributed by atoms with E-state index in [4.69, 9.17) is 5.73 Å². The van der Waals surface area contributed by atoms with Crippen LogP contribution in [0.15, 0.2) is 0 Å². The quantitative estimate of drug-likeness (QED) is 0.669. The van der Waals surface area contributed by atoms with E-state index in [0.717, 1.165) is 0 Å². The molecule has 1 saturated heterocycles. The molecule has 8 heteroatoms. The van der Waals surface area contributed by atoms with Crippen molar-refractivity contribution in [2.24, 2.45) is 11.7 Å². The van der Waals surface area contributed by atoms with Gasteiger partial charge in [0.25, 0.3) is 0 Å². The standard InChI is InChI=1S/C8H12F3N3O2/c9-8(10,11)7(16)14-3-5(4-14)2-13-6(15)1-12/h5H,1-4,12H2,(H,13,15). The third-order valence-electron chi connectivity index (χ3n) is 2.26. The molecule has 0 aromatic heterocycles. The van der Waals surface area contributed by atoms with E-state index in [0.29, 0.717) is 4.90 Å². The molecule has 1 aliphatic rings. The third-order valence-corrected chi connectivity index (χ3v) is 2.26. The highest BCUT2D eigenvalue weighted by Gasteiger charge is 2.46. The van der Waals surface area contributed by atoms with Crippen molar-refractivity contribution in [3.8, 4) is 0 Å². The molecule has 16 heavy (non-hydrogen) atoms. The second kappa shape index (κ2) is 4.69. The van der Waals surface area contributed by atoms with Crippen LogP contribution in [0, 0.1) is 5.92 Å². The molecular formula is C8H12F3N3O2. The van der Waals surface area contributed by atoms with Crippen LogP contribution < -0.4 is 11.1 Å². The Morgan fingerprint density at radius 2 is 1.94 bits per heavy atom. The molecule has 0 unspecified atom stereocenters. The zero-order chi connectivity index (χ0) is 12.3. The maximum atomic E-state index is 11.9. The summed E-state index contributed by atoms with van der Waals surface area (Å²) in [6.07, 6.45) is -4.81. The van der Waals surface area contributed by atoms with Crippen molar-refractivity contribution >= 4 is 11.8 Å². The highest BCUT2D eigenvalue weighted by Crippen LogP contribution is 2.24. The number of carbonyl (C=O) groups excluding carboxylic acids is 2. The van der Waals surface area contributed by atoms with Gasteiger partial charge in [0.1, 0.15) is 0 Å². The summed E-state index contributed by atoms with van der Waals surface area (Å²) in [5.74, 6) is -2.31. The van der Waals surface area contributed by atoms with Gasteiger partial charge in [-0.3, -0.25) is 9.59 Å². The largest absolute Gasteiger partial charge is 0.471 e. The Kier molecular flexibility index (Phi) is 3.74. The van der Waals surface area contributed by atoms with Gasteiger partial charge in [-0.15, -0.1) is 0 Å². The summed E-state index contributed by atoms with van der Waals surface area (Å²) in [5.41, 5.74) is 5.03. The summed E-state index contributed by atoms with van der Waals surface area (Å²) in [5, 5.41) is 2.45. The zero-order valence-corrected chi connectivity index (χ0v) is 8.38. The van der Waals surface area contributed by atoms with E-state index in [9.17, 15) is 22.8 Å². The summed E-state index contributed by atoms with van der Waals surface area (Å²) in [4.78, 5) is 22.1. The van der Waals surface area contributed by atoms with Crippen molar-refractivity contribution in [3.63, 3.8) is 0 Å². The number of alkyl halides is 3. The van der Waals surface area contributed by atoms with Gasteiger partial charge in [-0.25, -0.2) is 0 Å². The highest BCUT2D eigenvalue weighted by molar-refractivity contribution is 5.82. The number of nitrogens with two attached hydrogens (primary N) is 1. The van der Waals surface area contributed by atoms with Gasteiger partial charge < -0.3 is 16.0 Å². The maximum absolute atomic E-state index is 11.9. The number of rotatable bonds is 3. The fourth-order valence-electron chi connectivity index (χ4n) is 1.37. The molecule has 1 rings (SSSR count). The Balaban J connectivity index is 2.23. The van der Waals surface area contributed by atoms with E-state index in [1.54, 1.807) is 0 Å². The van der Waals surface area contributed by atoms with E-state index in [1.807, 2.05) is 0 Å². The number of hydrogen-bond donors (Lipinski definition) is 2. The van der Waals surface area contributed by atoms with Gasteiger partial charge in [-0.05, 0) is 0 Å². The molecule has 3 N–H and O–H groups in total. The first kappa shape index (κ1) is 12.8. The predicted octanol–water partition coefficient (Wildman–Crippen LogP) is -0.918. The topological polar surface area (TPSA) is 75.4 Å². The Morgan fingerprint density at radius 3 is 2.38 bits per heavy atom. The lowest BCUT2D eigenvalue weighted by Crippen LogP contribution is -2.57. The van der Waals surface area contributed by atoms with Gasteiger partial charge in [0, 0.05) is 25.6 Å². The molecule has 0 bridgehead atoms. The number of halogens is 3. The molecule has 0 spiro atoms. The Bertz CT molecular complexity index is 287. The first-order chi connectivity index (χ1) is 7.34. The predicted molar refractivity (Wildman–Crippen MR) is 48.2 cm³/mol. The molecule has 92 valence electrons. The van der Waals surface area contributed by atoms with Crippen molar-refractivity contribution in [3.05, 3.63) is 0 Å². The zero-order valence-electron chi connectivity index (χ0n) is 8.38. The number of carbonyl (C=O) groups is 2. The van der Waals surface area contributed by atoms with Gasteiger partial charge in [-0.2, -0.15) is 13.2 Å². The molecule has 2 amide bonds. The van der Waals surface area contributed by atoms with Crippen LogP contribution in [-0.2, 0) is 9.59 Å². The molecule has 0 atom stereocenters. The number of amides is 2.